The van der Waals surface area contributed by atoms with Crippen molar-refractivity contribution in [2.75, 3.05) is 5.32 Å². The molecule has 1 N–H and O–H groups in total. The van der Waals surface area contributed by atoms with Gasteiger partial charge in [0.1, 0.15) is 5.82 Å². The van der Waals surface area contributed by atoms with Gasteiger partial charge in [-0.05, 0) is 60.4 Å². The highest BCUT2D eigenvalue weighted by Crippen LogP contribution is 2.25. The van der Waals surface area contributed by atoms with Gasteiger partial charge >= 0.3 is 0 Å². The lowest BCUT2D eigenvalue weighted by Gasteiger charge is -2.11. The Kier molecular flexibility index (Phi) is 6.08. The van der Waals surface area contributed by atoms with Crippen LogP contribution >= 0.6 is 0 Å². The molecule has 0 aliphatic rings. The van der Waals surface area contributed by atoms with E-state index in [1.54, 1.807) is 43.6 Å². The van der Waals surface area contributed by atoms with Crippen molar-refractivity contribution < 1.29 is 13.2 Å². The first kappa shape index (κ1) is 20.7. The van der Waals surface area contributed by atoms with Crippen molar-refractivity contribution in [3.05, 3.63) is 71.7 Å². The van der Waals surface area contributed by atoms with E-state index in [4.69, 9.17) is 0 Å². The summed E-state index contributed by atoms with van der Waals surface area (Å²) < 4.78 is 25.8. The van der Waals surface area contributed by atoms with E-state index in [1.807, 2.05) is 25.1 Å². The van der Waals surface area contributed by atoms with Crippen molar-refractivity contribution in [1.82, 2.24) is 9.97 Å². The Labute approximate surface area is 171 Å². The molecule has 0 fully saturated rings. The molecule has 29 heavy (non-hydrogen) atoms. The van der Waals surface area contributed by atoms with Crippen molar-refractivity contribution in [3.63, 3.8) is 0 Å². The van der Waals surface area contributed by atoms with Crippen LogP contribution in [0.15, 0.2) is 59.8 Å². The highest BCUT2D eigenvalue weighted by Gasteiger charge is 2.18. The van der Waals surface area contributed by atoms with Crippen LogP contribution in [-0.4, -0.2) is 24.3 Å². The molecule has 1 aromatic carbocycles. The van der Waals surface area contributed by atoms with Crippen molar-refractivity contribution in [1.29, 1.82) is 0 Å². The summed E-state index contributed by atoms with van der Waals surface area (Å²) in [5.41, 5.74) is 3.95. The molecule has 0 spiro atoms. The zero-order chi connectivity index (χ0) is 21.0. The molecular formula is C22H23N3O3S. The number of carbonyl (C=O) groups is 1. The topological polar surface area (TPSA) is 89.0 Å². The lowest BCUT2D eigenvalue weighted by Crippen LogP contribution is -2.08. The third-order valence-electron chi connectivity index (χ3n) is 4.63. The maximum absolute atomic E-state index is 12.9. The van der Waals surface area contributed by atoms with Gasteiger partial charge in [0, 0.05) is 30.6 Å². The molecule has 6 nitrogen and oxygen atoms in total. The van der Waals surface area contributed by atoms with E-state index in [-0.39, 0.29) is 11.7 Å². The number of nitrogens with one attached hydrogen (secondary N) is 1. The predicted octanol–water partition coefficient (Wildman–Crippen LogP) is 3.95. The fraction of sp³-hybridized carbons (Fsp3) is 0.227. The number of carbonyl (C=O) groups excluding carboxylic acids is 1. The molecule has 3 rings (SSSR count). The van der Waals surface area contributed by atoms with Gasteiger partial charge in [-0.1, -0.05) is 19.1 Å². The van der Waals surface area contributed by atoms with Crippen LogP contribution in [0.5, 0.6) is 0 Å². The van der Waals surface area contributed by atoms with Crippen molar-refractivity contribution >= 4 is 21.6 Å². The summed E-state index contributed by atoms with van der Waals surface area (Å²) >= 11 is 0. The SMILES string of the molecule is CCc1ccc(S(=O)(=O)Cc2cc(-c3ccnc(NC(C)=O)c3)cnc2C)cc1. The standard InChI is InChI=1S/C22H23N3O3S/c1-4-17-5-7-21(8-6-17)29(27,28)14-20-11-19(13-24-15(20)2)18-9-10-23-22(12-18)25-16(3)26/h5-13H,4,14H2,1-3H3,(H,23,25,26). The second kappa shape index (κ2) is 8.53. The number of hydrogen-bond acceptors (Lipinski definition) is 5. The molecule has 0 bridgehead atoms. The number of hydrogen-bond donors (Lipinski definition) is 1. The van der Waals surface area contributed by atoms with Gasteiger partial charge in [-0.3, -0.25) is 9.78 Å². The Bertz CT molecular complexity index is 1140. The molecule has 150 valence electrons. The van der Waals surface area contributed by atoms with Crippen LogP contribution in [0, 0.1) is 6.92 Å². The Balaban J connectivity index is 1.92. The van der Waals surface area contributed by atoms with Gasteiger partial charge in [-0.2, -0.15) is 0 Å². The molecule has 0 atom stereocenters. The summed E-state index contributed by atoms with van der Waals surface area (Å²) in [4.78, 5) is 20.1. The first-order valence-electron chi connectivity index (χ1n) is 9.29. The number of amides is 1. The van der Waals surface area contributed by atoms with Gasteiger partial charge in [0.05, 0.1) is 10.6 Å². The van der Waals surface area contributed by atoms with Gasteiger partial charge in [-0.15, -0.1) is 0 Å². The Morgan fingerprint density at radius 3 is 2.41 bits per heavy atom. The van der Waals surface area contributed by atoms with Crippen LogP contribution in [0.2, 0.25) is 0 Å². The third kappa shape index (κ3) is 5.06. The van der Waals surface area contributed by atoms with Crippen molar-refractivity contribution in [2.24, 2.45) is 0 Å². The molecule has 2 heterocycles. The second-order valence-electron chi connectivity index (χ2n) is 6.84. The van der Waals surface area contributed by atoms with E-state index in [9.17, 15) is 13.2 Å². The lowest BCUT2D eigenvalue weighted by atomic mass is 10.1. The molecule has 0 radical (unpaired) electrons. The number of sulfone groups is 1. The van der Waals surface area contributed by atoms with Crippen LogP contribution in [0.1, 0.15) is 30.7 Å². The molecule has 0 unspecified atom stereocenters. The highest BCUT2D eigenvalue weighted by molar-refractivity contribution is 7.90. The largest absolute Gasteiger partial charge is 0.311 e. The monoisotopic (exact) mass is 409 g/mol. The summed E-state index contributed by atoms with van der Waals surface area (Å²) in [5.74, 6) is 0.0905. The molecule has 0 saturated carbocycles. The van der Waals surface area contributed by atoms with Crippen molar-refractivity contribution in [2.45, 2.75) is 37.8 Å². The molecule has 0 aliphatic carbocycles. The number of pyridine rings is 2. The van der Waals surface area contributed by atoms with E-state index in [2.05, 4.69) is 15.3 Å². The first-order chi connectivity index (χ1) is 13.8. The molecular weight excluding hydrogens is 386 g/mol. The van der Waals surface area contributed by atoms with E-state index in [1.165, 1.54) is 6.92 Å². The number of anilines is 1. The fourth-order valence-electron chi connectivity index (χ4n) is 2.96. The van der Waals surface area contributed by atoms with E-state index >= 15 is 0 Å². The quantitative estimate of drug-likeness (QED) is 0.666. The average molecular weight is 410 g/mol. The van der Waals surface area contributed by atoms with E-state index in [0.717, 1.165) is 23.1 Å². The zero-order valence-corrected chi connectivity index (χ0v) is 17.5. The van der Waals surface area contributed by atoms with Gasteiger partial charge in [0.15, 0.2) is 9.84 Å². The number of aromatic nitrogens is 2. The van der Waals surface area contributed by atoms with Crippen LogP contribution in [0.3, 0.4) is 0 Å². The van der Waals surface area contributed by atoms with Gasteiger partial charge in [0.25, 0.3) is 0 Å². The summed E-state index contributed by atoms with van der Waals surface area (Å²) in [5, 5.41) is 2.64. The molecule has 7 heteroatoms. The number of benzene rings is 1. The molecule has 2 aromatic heterocycles. The minimum atomic E-state index is -3.49. The fourth-order valence-corrected chi connectivity index (χ4v) is 4.38. The van der Waals surface area contributed by atoms with Crippen LogP contribution in [0.4, 0.5) is 5.82 Å². The van der Waals surface area contributed by atoms with Gasteiger partial charge in [-0.25, -0.2) is 13.4 Å². The van der Waals surface area contributed by atoms with E-state index < -0.39 is 9.84 Å². The second-order valence-corrected chi connectivity index (χ2v) is 8.83. The highest BCUT2D eigenvalue weighted by atomic mass is 32.2. The van der Waals surface area contributed by atoms with Gasteiger partial charge in [0.2, 0.25) is 5.91 Å². The Hall–Kier alpha value is -3.06. The molecule has 0 saturated heterocycles. The third-order valence-corrected chi connectivity index (χ3v) is 6.31. The van der Waals surface area contributed by atoms with Crippen LogP contribution in [-0.2, 0) is 26.8 Å². The smallest absolute Gasteiger partial charge is 0.222 e. The maximum atomic E-state index is 12.9. The minimum absolute atomic E-state index is 0.130. The molecule has 0 aliphatic heterocycles. The number of nitrogens with zero attached hydrogens (tertiary/aromatic N) is 2. The average Bonchev–Trinajstić information content (AvgIpc) is 2.69. The number of rotatable bonds is 6. The van der Waals surface area contributed by atoms with Gasteiger partial charge < -0.3 is 5.32 Å². The van der Waals surface area contributed by atoms with E-state index in [0.29, 0.717) is 22.0 Å². The normalized spacial score (nSPS) is 11.3. The van der Waals surface area contributed by atoms with Crippen molar-refractivity contribution in [3.8, 4) is 11.1 Å². The maximum Gasteiger partial charge on any atom is 0.222 e. The Morgan fingerprint density at radius 1 is 1.03 bits per heavy atom. The summed E-state index contributed by atoms with van der Waals surface area (Å²) in [6.07, 6.45) is 4.14. The summed E-state index contributed by atoms with van der Waals surface area (Å²) in [6, 6.07) is 12.3. The van der Waals surface area contributed by atoms with Crippen LogP contribution < -0.4 is 5.32 Å². The number of aryl methyl sites for hydroxylation is 2. The summed E-state index contributed by atoms with van der Waals surface area (Å²) in [6.45, 7) is 5.24. The Morgan fingerprint density at radius 2 is 1.76 bits per heavy atom. The minimum Gasteiger partial charge on any atom is -0.311 e. The summed E-state index contributed by atoms with van der Waals surface area (Å²) in [7, 11) is -3.49. The molecule has 3 aromatic rings. The predicted molar refractivity (Wildman–Crippen MR) is 113 cm³/mol. The lowest BCUT2D eigenvalue weighted by molar-refractivity contribution is -0.114. The van der Waals surface area contributed by atoms with Crippen LogP contribution in [0.25, 0.3) is 11.1 Å². The zero-order valence-electron chi connectivity index (χ0n) is 16.6. The first-order valence-corrected chi connectivity index (χ1v) is 10.9. The molecule has 1 amide bonds.